The number of nitrogens with zero attached hydrogens (tertiary/aromatic N) is 2. The Morgan fingerprint density at radius 2 is 2.04 bits per heavy atom. The minimum absolute atomic E-state index is 0.130. The van der Waals surface area contributed by atoms with Crippen LogP contribution < -0.4 is 9.64 Å². The van der Waals surface area contributed by atoms with E-state index in [0.717, 1.165) is 37.1 Å². The summed E-state index contributed by atoms with van der Waals surface area (Å²) in [5.41, 5.74) is 1.98. The number of carbonyl (C=O) groups excluding carboxylic acids is 2. The number of pyridine rings is 1. The maximum Gasteiger partial charge on any atom is 0.344 e. The minimum Gasteiger partial charge on any atom is -0.482 e. The van der Waals surface area contributed by atoms with Crippen molar-refractivity contribution in [1.82, 2.24) is 4.98 Å². The van der Waals surface area contributed by atoms with Crippen LogP contribution in [0.3, 0.4) is 0 Å². The number of amides is 1. The lowest BCUT2D eigenvalue weighted by molar-refractivity contribution is -0.146. The maximum absolute atomic E-state index is 11.7. The van der Waals surface area contributed by atoms with Gasteiger partial charge >= 0.3 is 5.97 Å². The second-order valence-corrected chi connectivity index (χ2v) is 6.12. The zero-order valence-electron chi connectivity index (χ0n) is 14.6. The molecule has 0 radical (unpaired) electrons. The Hall–Kier alpha value is -2.89. The van der Waals surface area contributed by atoms with E-state index in [1.54, 1.807) is 23.2 Å². The molecule has 6 nitrogen and oxygen atoms in total. The van der Waals surface area contributed by atoms with Crippen LogP contribution in [0.5, 0.6) is 5.75 Å². The number of hydrogen-bond donors (Lipinski definition) is 0. The van der Waals surface area contributed by atoms with Crippen LogP contribution >= 0.6 is 0 Å². The summed E-state index contributed by atoms with van der Waals surface area (Å²) in [4.78, 5) is 29.3. The highest BCUT2D eigenvalue weighted by Gasteiger charge is 2.21. The van der Waals surface area contributed by atoms with Crippen molar-refractivity contribution in [3.8, 4) is 5.75 Å². The summed E-state index contributed by atoms with van der Waals surface area (Å²) in [6.45, 7) is 0.979. The van der Waals surface area contributed by atoms with E-state index >= 15 is 0 Å². The van der Waals surface area contributed by atoms with Gasteiger partial charge in [0, 0.05) is 31.0 Å². The monoisotopic (exact) mass is 354 g/mol. The van der Waals surface area contributed by atoms with Crippen LogP contribution in [0, 0.1) is 0 Å². The third kappa shape index (κ3) is 5.05. The Bertz CT molecular complexity index is 731. The van der Waals surface area contributed by atoms with Gasteiger partial charge in [0.1, 0.15) is 5.75 Å². The predicted octanol–water partition coefficient (Wildman–Crippen LogP) is 2.76. The van der Waals surface area contributed by atoms with Crippen molar-refractivity contribution in [3.05, 3.63) is 54.4 Å². The Kier molecular flexibility index (Phi) is 6.19. The highest BCUT2D eigenvalue weighted by atomic mass is 16.6. The van der Waals surface area contributed by atoms with Crippen molar-refractivity contribution in [2.24, 2.45) is 0 Å². The molecule has 1 aromatic carbocycles. The van der Waals surface area contributed by atoms with E-state index in [0.29, 0.717) is 18.8 Å². The number of anilines is 1. The molecule has 0 N–H and O–H groups in total. The third-order valence-corrected chi connectivity index (χ3v) is 4.17. The molecular formula is C20H22N2O4. The highest BCUT2D eigenvalue weighted by molar-refractivity contribution is 5.95. The quantitative estimate of drug-likeness (QED) is 0.539. The van der Waals surface area contributed by atoms with E-state index in [1.165, 1.54) is 0 Å². The normalized spacial score (nSPS) is 13.7. The van der Waals surface area contributed by atoms with Gasteiger partial charge in [0.15, 0.2) is 6.61 Å². The van der Waals surface area contributed by atoms with Gasteiger partial charge in [0.2, 0.25) is 5.91 Å². The molecule has 6 heteroatoms. The first-order valence-electron chi connectivity index (χ1n) is 8.80. The summed E-state index contributed by atoms with van der Waals surface area (Å²) in [7, 11) is 0. The van der Waals surface area contributed by atoms with Gasteiger partial charge in [0.05, 0.1) is 6.61 Å². The summed E-state index contributed by atoms with van der Waals surface area (Å²) < 4.78 is 10.6. The van der Waals surface area contributed by atoms with Crippen molar-refractivity contribution in [2.45, 2.75) is 25.7 Å². The topological polar surface area (TPSA) is 68.7 Å². The second-order valence-electron chi connectivity index (χ2n) is 6.12. The van der Waals surface area contributed by atoms with Gasteiger partial charge < -0.3 is 14.4 Å². The van der Waals surface area contributed by atoms with E-state index in [2.05, 4.69) is 4.98 Å². The van der Waals surface area contributed by atoms with Crippen molar-refractivity contribution >= 4 is 17.6 Å². The van der Waals surface area contributed by atoms with Crippen molar-refractivity contribution in [3.63, 3.8) is 0 Å². The summed E-state index contributed by atoms with van der Waals surface area (Å²) >= 11 is 0. The largest absolute Gasteiger partial charge is 0.482 e. The third-order valence-electron chi connectivity index (χ3n) is 4.17. The number of rotatable bonds is 8. The molecule has 3 rings (SSSR count). The Morgan fingerprint density at radius 1 is 1.19 bits per heavy atom. The lowest BCUT2D eigenvalue weighted by Crippen LogP contribution is -2.23. The molecule has 1 fully saturated rings. The summed E-state index contributed by atoms with van der Waals surface area (Å²) in [6.07, 6.45) is 6.60. The first-order valence-corrected chi connectivity index (χ1v) is 8.80. The van der Waals surface area contributed by atoms with Crippen LogP contribution in [-0.4, -0.2) is 36.6 Å². The molecule has 0 unspecified atom stereocenters. The maximum atomic E-state index is 11.7. The standard InChI is InChI=1S/C20H22N2O4/c23-19-6-2-12-22(19)17-7-9-18(10-8-17)26-15-20(24)25-13-3-5-16-4-1-11-21-14-16/h1,4,7-11,14H,2-3,5-6,12-13,15H2. The first kappa shape index (κ1) is 17.9. The van der Waals surface area contributed by atoms with Crippen LogP contribution in [0.25, 0.3) is 0 Å². The van der Waals surface area contributed by atoms with Crippen LogP contribution in [0.15, 0.2) is 48.8 Å². The molecule has 1 amide bonds. The van der Waals surface area contributed by atoms with Crippen molar-refractivity contribution in [1.29, 1.82) is 0 Å². The molecular weight excluding hydrogens is 332 g/mol. The van der Waals surface area contributed by atoms with E-state index in [9.17, 15) is 9.59 Å². The molecule has 0 aliphatic carbocycles. The summed E-state index contributed by atoms with van der Waals surface area (Å²) in [6, 6.07) is 11.1. The molecule has 1 saturated heterocycles. The fourth-order valence-corrected chi connectivity index (χ4v) is 2.84. The van der Waals surface area contributed by atoms with Crippen LogP contribution in [0.1, 0.15) is 24.8 Å². The highest BCUT2D eigenvalue weighted by Crippen LogP contribution is 2.23. The molecule has 2 aromatic rings. The van der Waals surface area contributed by atoms with Crippen molar-refractivity contribution < 1.29 is 19.1 Å². The number of esters is 1. The summed E-state index contributed by atoms with van der Waals surface area (Å²) in [5, 5.41) is 0. The van der Waals surface area contributed by atoms with Crippen molar-refractivity contribution in [2.75, 3.05) is 24.7 Å². The van der Waals surface area contributed by atoms with Gasteiger partial charge in [-0.1, -0.05) is 6.07 Å². The number of aromatic nitrogens is 1. The average Bonchev–Trinajstić information content (AvgIpc) is 3.11. The van der Waals surface area contributed by atoms with Crippen LogP contribution in [0.4, 0.5) is 5.69 Å². The smallest absolute Gasteiger partial charge is 0.344 e. The van der Waals surface area contributed by atoms with E-state index in [1.807, 2.05) is 30.5 Å². The number of aryl methyl sites for hydroxylation is 1. The zero-order valence-corrected chi connectivity index (χ0v) is 14.6. The lowest BCUT2D eigenvalue weighted by atomic mass is 10.2. The zero-order chi connectivity index (χ0) is 18.2. The van der Waals surface area contributed by atoms with Gasteiger partial charge in [-0.2, -0.15) is 0 Å². The number of hydrogen-bond acceptors (Lipinski definition) is 5. The molecule has 1 aliphatic heterocycles. The van der Waals surface area contributed by atoms with Gasteiger partial charge in [-0.25, -0.2) is 4.79 Å². The molecule has 0 atom stereocenters. The second kappa shape index (κ2) is 8.99. The molecule has 0 spiro atoms. The first-order chi connectivity index (χ1) is 12.7. The van der Waals surface area contributed by atoms with Gasteiger partial charge in [-0.15, -0.1) is 0 Å². The molecule has 26 heavy (non-hydrogen) atoms. The molecule has 0 saturated carbocycles. The van der Waals surface area contributed by atoms with Gasteiger partial charge in [0.25, 0.3) is 0 Å². The van der Waals surface area contributed by atoms with Gasteiger partial charge in [-0.05, 0) is 55.2 Å². The van der Waals surface area contributed by atoms with Crippen LogP contribution in [0.2, 0.25) is 0 Å². The minimum atomic E-state index is -0.394. The predicted molar refractivity (Wildman–Crippen MR) is 97.0 cm³/mol. The molecule has 1 aromatic heterocycles. The molecule has 136 valence electrons. The Morgan fingerprint density at radius 3 is 2.73 bits per heavy atom. The molecule has 2 heterocycles. The van der Waals surface area contributed by atoms with E-state index in [-0.39, 0.29) is 12.5 Å². The van der Waals surface area contributed by atoms with Gasteiger partial charge in [-0.3, -0.25) is 9.78 Å². The molecule has 1 aliphatic rings. The van der Waals surface area contributed by atoms with E-state index in [4.69, 9.17) is 9.47 Å². The SMILES string of the molecule is O=C(COc1ccc(N2CCCC2=O)cc1)OCCCc1cccnc1. The Labute approximate surface area is 152 Å². The van der Waals surface area contributed by atoms with Crippen LogP contribution in [-0.2, 0) is 20.7 Å². The molecule has 0 bridgehead atoms. The lowest BCUT2D eigenvalue weighted by Gasteiger charge is -2.16. The Balaban J connectivity index is 1.35. The average molecular weight is 354 g/mol. The number of ether oxygens (including phenoxy) is 2. The van der Waals surface area contributed by atoms with E-state index < -0.39 is 5.97 Å². The number of carbonyl (C=O) groups is 2. The summed E-state index contributed by atoms with van der Waals surface area (Å²) in [5.74, 6) is 0.330. The fraction of sp³-hybridized carbons (Fsp3) is 0.350. The number of benzene rings is 1. The fourth-order valence-electron chi connectivity index (χ4n) is 2.84.